The summed E-state index contributed by atoms with van der Waals surface area (Å²) in [5.74, 6) is 0.770. The lowest BCUT2D eigenvalue weighted by molar-refractivity contribution is 0.495. The Morgan fingerprint density at radius 2 is 1.79 bits per heavy atom. The van der Waals surface area contributed by atoms with Crippen LogP contribution in [0.4, 0.5) is 5.69 Å². The highest BCUT2D eigenvalue weighted by atomic mass is 35.5. The van der Waals surface area contributed by atoms with Gasteiger partial charge in [0.25, 0.3) is 0 Å². The van der Waals surface area contributed by atoms with Gasteiger partial charge in [-0.1, -0.05) is 38.3 Å². The maximum absolute atomic E-state index is 5.84. The van der Waals surface area contributed by atoms with Gasteiger partial charge >= 0.3 is 0 Å². The smallest absolute Gasteiger partial charge is 0.170 e. The summed E-state index contributed by atoms with van der Waals surface area (Å²) in [6, 6.07) is 7.92. The van der Waals surface area contributed by atoms with Crippen molar-refractivity contribution in [3.05, 3.63) is 29.3 Å². The molecule has 1 rings (SSSR count). The average molecular weight is 299 g/mol. The SMILES string of the molecule is CC(C)CCCC(C)NC(=S)Nc1ccc(Cl)cc1. The summed E-state index contributed by atoms with van der Waals surface area (Å²) in [6.45, 7) is 6.67. The molecule has 0 fully saturated rings. The Morgan fingerprint density at radius 1 is 1.16 bits per heavy atom. The fourth-order valence-corrected chi connectivity index (χ4v) is 2.27. The molecule has 19 heavy (non-hydrogen) atoms. The molecule has 0 spiro atoms. The maximum atomic E-state index is 5.84. The number of thiocarbonyl (C=S) groups is 1. The van der Waals surface area contributed by atoms with Crippen LogP contribution in [0.25, 0.3) is 0 Å². The van der Waals surface area contributed by atoms with Crippen molar-refractivity contribution in [2.45, 2.75) is 46.1 Å². The number of hydrogen-bond donors (Lipinski definition) is 2. The molecule has 1 unspecified atom stereocenters. The molecule has 0 amide bonds. The summed E-state index contributed by atoms with van der Waals surface area (Å²) in [6.07, 6.45) is 3.64. The lowest BCUT2D eigenvalue weighted by Gasteiger charge is -2.17. The third kappa shape index (κ3) is 7.38. The zero-order valence-electron chi connectivity index (χ0n) is 11.9. The summed E-state index contributed by atoms with van der Waals surface area (Å²) in [5.41, 5.74) is 0.955. The van der Waals surface area contributed by atoms with Crippen molar-refractivity contribution in [1.82, 2.24) is 5.32 Å². The van der Waals surface area contributed by atoms with Crippen molar-refractivity contribution in [3.63, 3.8) is 0 Å². The summed E-state index contributed by atoms with van der Waals surface area (Å²) in [7, 11) is 0. The highest BCUT2D eigenvalue weighted by Gasteiger charge is 2.05. The van der Waals surface area contributed by atoms with Gasteiger partial charge in [0.05, 0.1) is 0 Å². The average Bonchev–Trinajstić information content (AvgIpc) is 2.31. The maximum Gasteiger partial charge on any atom is 0.170 e. The van der Waals surface area contributed by atoms with Crippen molar-refractivity contribution >= 4 is 34.6 Å². The highest BCUT2D eigenvalue weighted by Crippen LogP contribution is 2.13. The Bertz CT molecular complexity index is 390. The van der Waals surface area contributed by atoms with Crippen LogP contribution in [0, 0.1) is 5.92 Å². The van der Waals surface area contributed by atoms with Crippen molar-refractivity contribution in [3.8, 4) is 0 Å². The van der Waals surface area contributed by atoms with E-state index in [0.717, 1.165) is 23.0 Å². The van der Waals surface area contributed by atoms with Gasteiger partial charge in [0, 0.05) is 16.8 Å². The van der Waals surface area contributed by atoms with E-state index in [1.54, 1.807) is 0 Å². The number of hydrogen-bond acceptors (Lipinski definition) is 1. The molecule has 1 aromatic rings. The standard InChI is InChI=1S/C15H23ClN2S/c1-11(2)5-4-6-12(3)17-15(19)18-14-9-7-13(16)8-10-14/h7-12H,4-6H2,1-3H3,(H2,17,18,19). The van der Waals surface area contributed by atoms with E-state index in [2.05, 4.69) is 31.4 Å². The second kappa shape index (κ2) is 8.39. The fraction of sp³-hybridized carbons (Fsp3) is 0.533. The van der Waals surface area contributed by atoms with Crippen LogP contribution in [0.15, 0.2) is 24.3 Å². The summed E-state index contributed by atoms with van der Waals surface area (Å²) in [5, 5.41) is 7.86. The minimum absolute atomic E-state index is 0.394. The Labute approximate surface area is 126 Å². The first-order chi connectivity index (χ1) is 8.97. The molecule has 0 saturated heterocycles. The molecule has 0 bridgehead atoms. The Balaban J connectivity index is 2.28. The number of anilines is 1. The molecule has 4 heteroatoms. The Kier molecular flexibility index (Phi) is 7.17. The van der Waals surface area contributed by atoms with Gasteiger partial charge in [0.2, 0.25) is 0 Å². The molecule has 0 saturated carbocycles. The molecule has 0 radical (unpaired) electrons. The van der Waals surface area contributed by atoms with Gasteiger partial charge in [-0.2, -0.15) is 0 Å². The van der Waals surface area contributed by atoms with E-state index in [1.807, 2.05) is 24.3 Å². The van der Waals surface area contributed by atoms with Crippen molar-refractivity contribution in [1.29, 1.82) is 0 Å². The number of halogens is 1. The Morgan fingerprint density at radius 3 is 2.37 bits per heavy atom. The van der Waals surface area contributed by atoms with Gasteiger partial charge in [-0.05, 0) is 55.7 Å². The number of rotatable bonds is 6. The van der Waals surface area contributed by atoms with Crippen LogP contribution in [0.1, 0.15) is 40.0 Å². The monoisotopic (exact) mass is 298 g/mol. The minimum Gasteiger partial charge on any atom is -0.360 e. The van der Waals surface area contributed by atoms with E-state index in [4.69, 9.17) is 23.8 Å². The normalized spacial score (nSPS) is 12.3. The number of nitrogens with one attached hydrogen (secondary N) is 2. The number of benzene rings is 1. The molecule has 0 aliphatic rings. The molecule has 106 valence electrons. The topological polar surface area (TPSA) is 24.1 Å². The molecule has 0 aliphatic carbocycles. The molecular weight excluding hydrogens is 276 g/mol. The van der Waals surface area contributed by atoms with E-state index < -0.39 is 0 Å². The third-order valence-corrected chi connectivity index (χ3v) is 3.37. The van der Waals surface area contributed by atoms with E-state index >= 15 is 0 Å². The van der Waals surface area contributed by atoms with Crippen LogP contribution in [0.5, 0.6) is 0 Å². The summed E-state index contributed by atoms with van der Waals surface area (Å²) < 4.78 is 0. The van der Waals surface area contributed by atoms with Crippen LogP contribution >= 0.6 is 23.8 Å². The van der Waals surface area contributed by atoms with E-state index in [-0.39, 0.29) is 0 Å². The van der Waals surface area contributed by atoms with Gasteiger partial charge in [0.1, 0.15) is 0 Å². The van der Waals surface area contributed by atoms with E-state index in [0.29, 0.717) is 11.2 Å². The third-order valence-electron chi connectivity index (χ3n) is 2.90. The van der Waals surface area contributed by atoms with E-state index in [1.165, 1.54) is 12.8 Å². The first-order valence-corrected chi connectivity index (χ1v) is 7.59. The fourth-order valence-electron chi connectivity index (χ4n) is 1.83. The second-order valence-corrected chi connectivity index (χ2v) is 6.18. The highest BCUT2D eigenvalue weighted by molar-refractivity contribution is 7.80. The lowest BCUT2D eigenvalue weighted by atomic mass is 10.0. The zero-order chi connectivity index (χ0) is 14.3. The van der Waals surface area contributed by atoms with Gasteiger partial charge < -0.3 is 10.6 Å². The van der Waals surface area contributed by atoms with Crippen LogP contribution < -0.4 is 10.6 Å². The van der Waals surface area contributed by atoms with Crippen molar-refractivity contribution in [2.75, 3.05) is 5.32 Å². The molecule has 1 atom stereocenters. The van der Waals surface area contributed by atoms with Gasteiger partial charge in [-0.3, -0.25) is 0 Å². The van der Waals surface area contributed by atoms with E-state index in [9.17, 15) is 0 Å². The molecule has 0 aromatic heterocycles. The molecule has 0 aliphatic heterocycles. The predicted molar refractivity (Wildman–Crippen MR) is 89.0 cm³/mol. The largest absolute Gasteiger partial charge is 0.360 e. The van der Waals surface area contributed by atoms with Crippen LogP contribution in [-0.2, 0) is 0 Å². The van der Waals surface area contributed by atoms with Crippen molar-refractivity contribution in [2.24, 2.45) is 5.92 Å². The quantitative estimate of drug-likeness (QED) is 0.735. The first-order valence-electron chi connectivity index (χ1n) is 6.80. The zero-order valence-corrected chi connectivity index (χ0v) is 13.4. The van der Waals surface area contributed by atoms with Crippen LogP contribution in [0.3, 0.4) is 0 Å². The molecular formula is C15H23ClN2S. The lowest BCUT2D eigenvalue weighted by Crippen LogP contribution is -2.35. The second-order valence-electron chi connectivity index (χ2n) is 5.33. The summed E-state index contributed by atoms with van der Waals surface area (Å²) >= 11 is 11.1. The minimum atomic E-state index is 0.394. The van der Waals surface area contributed by atoms with Crippen LogP contribution in [-0.4, -0.2) is 11.2 Å². The van der Waals surface area contributed by atoms with Gasteiger partial charge in [-0.15, -0.1) is 0 Å². The molecule has 2 N–H and O–H groups in total. The predicted octanol–water partition coefficient (Wildman–Crippen LogP) is 4.84. The summed E-state index contributed by atoms with van der Waals surface area (Å²) in [4.78, 5) is 0. The van der Waals surface area contributed by atoms with Crippen LogP contribution in [0.2, 0.25) is 5.02 Å². The molecule has 0 heterocycles. The molecule has 1 aromatic carbocycles. The van der Waals surface area contributed by atoms with Crippen molar-refractivity contribution < 1.29 is 0 Å². The Hall–Kier alpha value is -0.800. The van der Waals surface area contributed by atoms with Gasteiger partial charge in [-0.25, -0.2) is 0 Å². The molecule has 2 nitrogen and oxygen atoms in total. The van der Waals surface area contributed by atoms with Gasteiger partial charge in [0.15, 0.2) is 5.11 Å². The first kappa shape index (κ1) is 16.3.